The third-order valence-corrected chi connectivity index (χ3v) is 3.13. The van der Waals surface area contributed by atoms with E-state index in [4.69, 9.17) is 22.7 Å². The zero-order chi connectivity index (χ0) is 15.1. The Hall–Kier alpha value is -2.09. The molecule has 3 rings (SSSR count). The van der Waals surface area contributed by atoms with E-state index in [-0.39, 0.29) is 18.2 Å². The third-order valence-electron chi connectivity index (χ3n) is 2.33. The smallest absolute Gasteiger partial charge is 0.203 e. The normalized spacial score (nSPS) is 9.14. The second kappa shape index (κ2) is 9.04. The Morgan fingerprint density at radius 3 is 2.00 bits per heavy atom. The largest absolute Gasteiger partial charge is 0.384 e. The number of rotatable bonds is 2. The van der Waals surface area contributed by atoms with E-state index in [1.807, 2.05) is 12.1 Å². The first-order chi connectivity index (χ1) is 10.2. The minimum absolute atomic E-state index is 0. The Bertz CT molecular complexity index is 705. The lowest BCUT2D eigenvalue weighted by Crippen LogP contribution is -2.10. The van der Waals surface area contributed by atoms with Crippen molar-refractivity contribution < 1.29 is 0 Å². The molecule has 0 saturated carbocycles. The summed E-state index contributed by atoms with van der Waals surface area (Å²) < 4.78 is 4.52. The highest BCUT2D eigenvalue weighted by molar-refractivity contribution is 7.10. The maximum Gasteiger partial charge on any atom is 0.203 e. The second-order valence-electron chi connectivity index (χ2n) is 3.76. The first-order valence-corrected chi connectivity index (χ1v) is 6.96. The molecule has 0 bridgehead atoms. The Balaban J connectivity index is 0.000000219. The lowest BCUT2D eigenvalue weighted by molar-refractivity contribution is 1.28. The molecule has 3 aromatic heterocycles. The number of amidine groups is 1. The molecule has 0 spiro atoms. The monoisotopic (exact) mass is 354 g/mol. The topological polar surface area (TPSA) is 101 Å². The fourth-order valence-electron chi connectivity index (χ4n) is 1.35. The average Bonchev–Trinajstić information content (AvgIpc) is 2.96. The van der Waals surface area contributed by atoms with Gasteiger partial charge in [-0.3, -0.25) is 15.4 Å². The van der Waals surface area contributed by atoms with Crippen molar-refractivity contribution in [3.8, 4) is 11.4 Å². The summed E-state index contributed by atoms with van der Waals surface area (Å²) in [4.78, 5) is 11.7. The molecule has 0 aliphatic rings. The van der Waals surface area contributed by atoms with Gasteiger partial charge in [-0.15, -0.1) is 12.4 Å². The number of pyridine rings is 2. The Morgan fingerprint density at radius 2 is 1.59 bits per heavy atom. The van der Waals surface area contributed by atoms with Crippen molar-refractivity contribution in [2.75, 3.05) is 0 Å². The lowest BCUT2D eigenvalue weighted by Gasteiger charge is -1.92. The summed E-state index contributed by atoms with van der Waals surface area (Å²) in [5, 5.41) is 6.99. The van der Waals surface area contributed by atoms with Gasteiger partial charge in [-0.1, -0.05) is 0 Å². The van der Waals surface area contributed by atoms with E-state index in [0.29, 0.717) is 15.9 Å². The minimum atomic E-state index is 0. The van der Waals surface area contributed by atoms with Crippen LogP contribution in [-0.2, 0) is 0 Å². The maximum atomic E-state index is 6.99. The van der Waals surface area contributed by atoms with Gasteiger partial charge in [0.05, 0.1) is 0 Å². The fraction of sp³-hybridized carbons (Fsp3) is 0. The highest BCUT2D eigenvalue weighted by atomic mass is 35.5. The number of nitrogens with two attached hydrogens (primary N) is 1. The summed E-state index contributed by atoms with van der Waals surface area (Å²) in [5.41, 5.74) is 6.82. The first kappa shape index (κ1) is 18.0. The molecule has 6 nitrogen and oxygen atoms in total. The number of halogens is 2. The summed E-state index contributed by atoms with van der Waals surface area (Å²) in [7, 11) is 0. The van der Waals surface area contributed by atoms with E-state index in [0.717, 1.165) is 5.56 Å². The highest BCUT2D eigenvalue weighted by Crippen LogP contribution is 2.19. The van der Waals surface area contributed by atoms with Gasteiger partial charge in [0.2, 0.25) is 4.47 Å². The van der Waals surface area contributed by atoms with Crippen molar-refractivity contribution in [2.24, 2.45) is 5.73 Å². The van der Waals surface area contributed by atoms with Crippen LogP contribution in [-0.4, -0.2) is 25.2 Å². The van der Waals surface area contributed by atoms with Crippen molar-refractivity contribution in [3.05, 3.63) is 59.1 Å². The van der Waals surface area contributed by atoms with E-state index < -0.39 is 0 Å². The van der Waals surface area contributed by atoms with Gasteiger partial charge < -0.3 is 5.73 Å². The molecule has 3 heterocycles. The molecule has 3 aromatic rings. The molecule has 0 saturated heterocycles. The average molecular weight is 355 g/mol. The van der Waals surface area contributed by atoms with Crippen LogP contribution < -0.4 is 5.73 Å². The maximum absolute atomic E-state index is 6.99. The third kappa shape index (κ3) is 5.36. The van der Waals surface area contributed by atoms with Gasteiger partial charge >= 0.3 is 0 Å². The second-order valence-corrected chi connectivity index (χ2v) is 5.09. The van der Waals surface area contributed by atoms with Gasteiger partial charge in [-0.05, 0) is 47.4 Å². The minimum Gasteiger partial charge on any atom is -0.384 e. The summed E-state index contributed by atoms with van der Waals surface area (Å²) in [6.07, 6.45) is 6.61. The molecule has 0 radical (unpaired) electrons. The van der Waals surface area contributed by atoms with Crippen molar-refractivity contribution in [1.82, 2.24) is 19.3 Å². The predicted octanol–water partition coefficient (Wildman–Crippen LogP) is 3.04. The van der Waals surface area contributed by atoms with Crippen LogP contribution in [0.15, 0.2) is 49.1 Å². The molecule has 22 heavy (non-hydrogen) atoms. The Morgan fingerprint density at radius 1 is 1.05 bits per heavy atom. The summed E-state index contributed by atoms with van der Waals surface area (Å²) in [6, 6.07) is 7.08. The number of nitrogens with one attached hydrogen (secondary N) is 1. The van der Waals surface area contributed by atoms with E-state index in [2.05, 4.69) is 19.3 Å². The van der Waals surface area contributed by atoms with Crippen LogP contribution >= 0.6 is 35.5 Å². The molecule has 0 aromatic carbocycles. The number of nitrogen functional groups attached to an aromatic ring is 1. The van der Waals surface area contributed by atoms with E-state index in [9.17, 15) is 0 Å². The summed E-state index contributed by atoms with van der Waals surface area (Å²) in [5.74, 6) is 0.741. The Labute approximate surface area is 142 Å². The predicted molar refractivity (Wildman–Crippen MR) is 90.7 cm³/mol. The molecule has 0 atom stereocenters. The first-order valence-electron chi connectivity index (χ1n) is 5.81. The van der Waals surface area contributed by atoms with E-state index in [1.54, 1.807) is 36.9 Å². The van der Waals surface area contributed by atoms with Gasteiger partial charge in [-0.25, -0.2) is 4.98 Å². The lowest BCUT2D eigenvalue weighted by atomic mass is 10.2. The van der Waals surface area contributed by atoms with Crippen LogP contribution in [0.25, 0.3) is 11.4 Å². The Kier molecular flexibility index (Phi) is 7.38. The SMILES string of the molecule is Cl.Clc1nc(-c2ccncc2)ns1.N=C(N)c1ccncc1. The zero-order valence-electron chi connectivity index (χ0n) is 11.2. The summed E-state index contributed by atoms with van der Waals surface area (Å²) in [6.45, 7) is 0. The van der Waals surface area contributed by atoms with E-state index in [1.165, 1.54) is 11.5 Å². The summed E-state index contributed by atoms with van der Waals surface area (Å²) >= 11 is 6.82. The van der Waals surface area contributed by atoms with Crippen LogP contribution in [0.3, 0.4) is 0 Å². The molecule has 0 aliphatic carbocycles. The molecular weight excluding hydrogens is 343 g/mol. The van der Waals surface area contributed by atoms with Gasteiger partial charge in [0.25, 0.3) is 0 Å². The number of hydrogen-bond acceptors (Lipinski definition) is 6. The molecule has 0 unspecified atom stereocenters. The van der Waals surface area contributed by atoms with Crippen LogP contribution in [0.2, 0.25) is 4.47 Å². The van der Waals surface area contributed by atoms with Crippen LogP contribution in [0.5, 0.6) is 0 Å². The van der Waals surface area contributed by atoms with Crippen LogP contribution in [0.1, 0.15) is 5.56 Å². The molecule has 0 amide bonds. The van der Waals surface area contributed by atoms with Gasteiger partial charge in [0.1, 0.15) is 5.84 Å². The van der Waals surface area contributed by atoms with E-state index >= 15 is 0 Å². The number of nitrogens with zero attached hydrogens (tertiary/aromatic N) is 4. The van der Waals surface area contributed by atoms with Crippen LogP contribution in [0, 0.1) is 5.41 Å². The molecular formula is C13H12Cl2N6S. The standard InChI is InChI=1S/C7H4ClN3S.C6H7N3.ClH/c8-7-10-6(11-12-7)5-1-3-9-4-2-5;7-6(8)5-1-3-9-4-2-5;/h1-4H;1-4H,(H3,7,8);1H. The molecule has 0 fully saturated rings. The van der Waals surface area contributed by atoms with Crippen molar-refractivity contribution in [2.45, 2.75) is 0 Å². The van der Waals surface area contributed by atoms with Gasteiger partial charge in [0.15, 0.2) is 5.82 Å². The van der Waals surface area contributed by atoms with Gasteiger partial charge in [0, 0.05) is 35.9 Å². The number of hydrogen-bond donors (Lipinski definition) is 2. The molecule has 0 aliphatic heterocycles. The van der Waals surface area contributed by atoms with Crippen molar-refractivity contribution in [1.29, 1.82) is 5.41 Å². The van der Waals surface area contributed by atoms with Crippen molar-refractivity contribution >= 4 is 41.4 Å². The van der Waals surface area contributed by atoms with Gasteiger partial charge in [-0.2, -0.15) is 4.37 Å². The highest BCUT2D eigenvalue weighted by Gasteiger charge is 2.02. The zero-order valence-corrected chi connectivity index (χ0v) is 13.6. The molecule has 9 heteroatoms. The fourth-order valence-corrected chi connectivity index (χ4v) is 1.97. The molecule has 114 valence electrons. The number of aromatic nitrogens is 4. The molecule has 3 N–H and O–H groups in total. The van der Waals surface area contributed by atoms with Crippen molar-refractivity contribution in [3.63, 3.8) is 0 Å². The quantitative estimate of drug-likeness (QED) is 0.543. The van der Waals surface area contributed by atoms with Crippen LogP contribution in [0.4, 0.5) is 0 Å².